The second-order valence-corrected chi connectivity index (χ2v) is 6.52. The average Bonchev–Trinajstić information content (AvgIpc) is 2.26. The molecule has 0 heterocycles. The molecule has 0 amide bonds. The summed E-state index contributed by atoms with van der Waals surface area (Å²) in [5, 5.41) is 11.1. The van der Waals surface area contributed by atoms with Gasteiger partial charge < -0.3 is 0 Å². The fraction of sp³-hybridized carbons (Fsp3) is 0.385. The highest BCUT2D eigenvalue weighted by atomic mass is 32.2. The molecule has 0 saturated carbocycles. The zero-order chi connectivity index (χ0) is 15.7. The number of sulfonamides is 1. The molecular weight excluding hydrogens is 280 g/mol. The van der Waals surface area contributed by atoms with Crippen molar-refractivity contribution in [2.75, 3.05) is 13.6 Å². The van der Waals surface area contributed by atoms with E-state index in [-0.39, 0.29) is 22.7 Å². The van der Waals surface area contributed by atoms with E-state index in [1.165, 1.54) is 20.0 Å². The van der Waals surface area contributed by atoms with Crippen LogP contribution in [-0.4, -0.2) is 31.2 Å². The van der Waals surface area contributed by atoms with Crippen molar-refractivity contribution in [2.45, 2.75) is 25.7 Å². The molecule has 108 valence electrons. The summed E-state index contributed by atoms with van der Waals surface area (Å²) in [6, 6.07) is 1.50. The van der Waals surface area contributed by atoms with E-state index in [2.05, 4.69) is 5.92 Å². The zero-order valence-corrected chi connectivity index (χ0v) is 12.6. The van der Waals surface area contributed by atoms with Crippen molar-refractivity contribution in [1.82, 2.24) is 4.31 Å². The highest BCUT2D eigenvalue weighted by Crippen LogP contribution is 2.32. The molecule has 7 heteroatoms. The van der Waals surface area contributed by atoms with Gasteiger partial charge in [0.1, 0.15) is 0 Å². The summed E-state index contributed by atoms with van der Waals surface area (Å²) in [5.41, 5.74) is 0.859. The molecule has 0 aromatic heterocycles. The molecule has 1 aromatic carbocycles. The van der Waals surface area contributed by atoms with Crippen molar-refractivity contribution in [2.24, 2.45) is 0 Å². The van der Waals surface area contributed by atoms with Gasteiger partial charge in [-0.05, 0) is 32.4 Å². The Balaban J connectivity index is 3.67. The molecule has 0 unspecified atom stereocenters. The molecule has 0 saturated heterocycles. The molecular formula is C13H16N2O4S. The second-order valence-electron chi connectivity index (χ2n) is 4.54. The predicted octanol–water partition coefficient (Wildman–Crippen LogP) is 1.77. The van der Waals surface area contributed by atoms with Crippen molar-refractivity contribution in [3.05, 3.63) is 32.9 Å². The Hall–Kier alpha value is -1.91. The first-order valence-electron chi connectivity index (χ1n) is 5.79. The van der Waals surface area contributed by atoms with Crippen LogP contribution in [0.4, 0.5) is 5.69 Å². The number of nitro groups is 1. The summed E-state index contributed by atoms with van der Waals surface area (Å²) in [4.78, 5) is 10.5. The van der Waals surface area contributed by atoms with Gasteiger partial charge >= 0.3 is 0 Å². The molecule has 1 rings (SSSR count). The third kappa shape index (κ3) is 2.66. The van der Waals surface area contributed by atoms with Crippen LogP contribution in [0.1, 0.15) is 16.7 Å². The van der Waals surface area contributed by atoms with Crippen LogP contribution >= 0.6 is 0 Å². The van der Waals surface area contributed by atoms with Crippen molar-refractivity contribution < 1.29 is 13.3 Å². The maximum atomic E-state index is 12.5. The van der Waals surface area contributed by atoms with Gasteiger partial charge in [0.05, 0.1) is 16.4 Å². The van der Waals surface area contributed by atoms with Crippen LogP contribution in [0.3, 0.4) is 0 Å². The lowest BCUT2D eigenvalue weighted by Gasteiger charge is -2.18. The highest BCUT2D eigenvalue weighted by Gasteiger charge is 2.30. The first-order valence-corrected chi connectivity index (χ1v) is 7.23. The van der Waals surface area contributed by atoms with E-state index >= 15 is 0 Å². The average molecular weight is 296 g/mol. The molecule has 0 bridgehead atoms. The smallest absolute Gasteiger partial charge is 0.258 e. The Morgan fingerprint density at radius 1 is 1.35 bits per heavy atom. The van der Waals surface area contributed by atoms with Gasteiger partial charge in [0, 0.05) is 18.2 Å². The second kappa shape index (κ2) is 5.61. The van der Waals surface area contributed by atoms with Crippen LogP contribution in [-0.2, 0) is 10.0 Å². The Labute approximate surface area is 118 Å². The minimum Gasteiger partial charge on any atom is -0.258 e. The highest BCUT2D eigenvalue weighted by molar-refractivity contribution is 7.89. The van der Waals surface area contributed by atoms with Gasteiger partial charge in [0.15, 0.2) is 0 Å². The van der Waals surface area contributed by atoms with E-state index in [0.29, 0.717) is 11.1 Å². The molecule has 20 heavy (non-hydrogen) atoms. The first-order chi connectivity index (χ1) is 9.14. The molecule has 6 nitrogen and oxygen atoms in total. The largest absolute Gasteiger partial charge is 0.276 e. The number of hydrogen-bond donors (Lipinski definition) is 0. The van der Waals surface area contributed by atoms with Gasteiger partial charge in [-0.2, -0.15) is 4.31 Å². The zero-order valence-electron chi connectivity index (χ0n) is 11.8. The first kappa shape index (κ1) is 16.1. The number of aryl methyl sites for hydroxylation is 2. The third-order valence-electron chi connectivity index (χ3n) is 3.03. The van der Waals surface area contributed by atoms with E-state index in [1.54, 1.807) is 13.8 Å². The minimum absolute atomic E-state index is 0.0486. The lowest BCUT2D eigenvalue weighted by molar-refractivity contribution is -0.386. The Bertz CT molecular complexity index is 702. The molecule has 0 spiro atoms. The van der Waals surface area contributed by atoms with Gasteiger partial charge in [-0.15, -0.1) is 6.42 Å². The number of benzene rings is 1. The van der Waals surface area contributed by atoms with Crippen LogP contribution in [0, 0.1) is 43.2 Å². The Morgan fingerprint density at radius 3 is 2.35 bits per heavy atom. The molecule has 1 aromatic rings. The molecule has 0 N–H and O–H groups in total. The normalized spacial score (nSPS) is 11.4. The van der Waals surface area contributed by atoms with E-state index in [4.69, 9.17) is 6.42 Å². The molecule has 0 aliphatic heterocycles. The van der Waals surface area contributed by atoms with Gasteiger partial charge in [-0.3, -0.25) is 10.1 Å². The van der Waals surface area contributed by atoms with Crippen LogP contribution < -0.4 is 0 Å². The van der Waals surface area contributed by atoms with E-state index < -0.39 is 14.9 Å². The predicted molar refractivity (Wildman–Crippen MR) is 76.0 cm³/mol. The summed E-state index contributed by atoms with van der Waals surface area (Å²) in [5.74, 6) is 2.24. The number of rotatable bonds is 4. The number of terminal acetylenes is 1. The Morgan fingerprint density at radius 2 is 1.90 bits per heavy atom. The number of nitrogens with zero attached hydrogens (tertiary/aromatic N) is 2. The lowest BCUT2D eigenvalue weighted by Crippen LogP contribution is -2.28. The van der Waals surface area contributed by atoms with Crippen LogP contribution in [0.5, 0.6) is 0 Å². The van der Waals surface area contributed by atoms with Crippen molar-refractivity contribution in [1.29, 1.82) is 0 Å². The molecule has 0 aliphatic carbocycles. The van der Waals surface area contributed by atoms with Gasteiger partial charge in [-0.25, -0.2) is 8.42 Å². The molecule has 0 atom stereocenters. The summed E-state index contributed by atoms with van der Waals surface area (Å²) in [6.45, 7) is 4.54. The monoisotopic (exact) mass is 296 g/mol. The van der Waals surface area contributed by atoms with Crippen molar-refractivity contribution in [3.8, 4) is 12.3 Å². The fourth-order valence-corrected chi connectivity index (χ4v) is 3.71. The summed E-state index contributed by atoms with van der Waals surface area (Å²) >= 11 is 0. The van der Waals surface area contributed by atoms with Crippen molar-refractivity contribution in [3.63, 3.8) is 0 Å². The summed E-state index contributed by atoms with van der Waals surface area (Å²) < 4.78 is 25.9. The number of hydrogen-bond acceptors (Lipinski definition) is 4. The molecule has 0 aliphatic rings. The number of nitro benzene ring substituents is 1. The summed E-state index contributed by atoms with van der Waals surface area (Å²) in [7, 11) is -2.50. The quantitative estimate of drug-likeness (QED) is 0.482. The van der Waals surface area contributed by atoms with Crippen molar-refractivity contribution >= 4 is 15.7 Å². The topological polar surface area (TPSA) is 80.5 Å². The third-order valence-corrected chi connectivity index (χ3v) is 5.12. The minimum atomic E-state index is -3.85. The van der Waals surface area contributed by atoms with Crippen LogP contribution in [0.25, 0.3) is 0 Å². The van der Waals surface area contributed by atoms with Gasteiger partial charge in [0.2, 0.25) is 10.0 Å². The summed E-state index contributed by atoms with van der Waals surface area (Å²) in [6.07, 6.45) is 5.12. The van der Waals surface area contributed by atoms with E-state index in [9.17, 15) is 18.5 Å². The fourth-order valence-electron chi connectivity index (χ4n) is 2.20. The van der Waals surface area contributed by atoms with Crippen LogP contribution in [0.15, 0.2) is 11.0 Å². The van der Waals surface area contributed by atoms with Gasteiger partial charge in [0.25, 0.3) is 5.69 Å². The lowest BCUT2D eigenvalue weighted by atomic mass is 10.1. The Kier molecular flexibility index (Phi) is 4.53. The maximum Gasteiger partial charge on any atom is 0.276 e. The van der Waals surface area contributed by atoms with Crippen LogP contribution in [0.2, 0.25) is 0 Å². The maximum absolute atomic E-state index is 12.5. The standard InChI is InChI=1S/C13H16N2O4S/c1-6-7-14(5)20(18,19)13-10(3)8-9(2)12(11(13)4)15(16)17/h1,8H,7H2,2-5H3. The van der Waals surface area contributed by atoms with E-state index in [0.717, 1.165) is 4.31 Å². The van der Waals surface area contributed by atoms with Gasteiger partial charge in [-0.1, -0.05) is 5.92 Å². The van der Waals surface area contributed by atoms with E-state index in [1.807, 2.05) is 0 Å². The molecule has 0 fully saturated rings. The molecule has 0 radical (unpaired) electrons. The SMILES string of the molecule is C#CCN(C)S(=O)(=O)c1c(C)cc(C)c([N+](=O)[O-])c1C.